The molecule has 0 aromatic carbocycles. The predicted octanol–water partition coefficient (Wildman–Crippen LogP) is 20.7. The van der Waals surface area contributed by atoms with Crippen LogP contribution >= 0.6 is 7.26 Å². The molecule has 0 aliphatic carbocycles. The van der Waals surface area contributed by atoms with Crippen LogP contribution in [-0.2, 0) is 0 Å². The maximum atomic E-state index is 2.67. The van der Waals surface area contributed by atoms with E-state index in [1.54, 1.807) is 12.3 Å². The van der Waals surface area contributed by atoms with Gasteiger partial charge in [-0.25, -0.2) is 0 Å². The summed E-state index contributed by atoms with van der Waals surface area (Å²) in [6.07, 6.45) is 71.0. The Hall–Kier alpha value is 0.390. The molecule has 0 spiro atoms. The summed E-state index contributed by atoms with van der Waals surface area (Å²) in [5.74, 6) is 0. The van der Waals surface area contributed by atoms with E-state index in [-0.39, 0.29) is 0 Å². The van der Waals surface area contributed by atoms with E-state index >= 15 is 0 Å². The van der Waals surface area contributed by atoms with E-state index in [9.17, 15) is 0 Å². The molecule has 1 nitrogen and oxygen atoms in total. The molecule has 0 aliphatic rings. The van der Waals surface area contributed by atoms with E-state index < -0.39 is 7.26 Å². The van der Waals surface area contributed by atoms with Gasteiger partial charge in [-0.15, -0.1) is 0 Å². The average molecular weight is 854 g/mol. The number of quaternary nitrogens is 1. The van der Waals surface area contributed by atoms with Crippen molar-refractivity contribution in [3.63, 3.8) is 0 Å². The molecule has 0 saturated heterocycles. The third-order valence-electron chi connectivity index (χ3n) is 13.6. The summed E-state index contributed by atoms with van der Waals surface area (Å²) in [6.45, 7) is 13.6. The standard InChI is InChI=1S/C38H81P.C19H42N/c1-5-7-9-11-13-15-17-19-21-23-25-27-29-31-33-35-37-39(3,4)38-36-34-32-30-28-26-24-22-20-18-16-14-12-10-8-6-2;1-5-6-7-8-9-10-11-12-13-14-15-16-17-18-19-20(2,3)4/h39H,5-38H2,1-4H3;5-19H2,1-4H3/q;+1. The van der Waals surface area contributed by atoms with Crippen LogP contribution in [0, 0.1) is 0 Å². The fourth-order valence-electron chi connectivity index (χ4n) is 9.21. The number of nitrogens with zero attached hydrogens (tertiary/aromatic N) is 1. The van der Waals surface area contributed by atoms with Crippen LogP contribution in [0.5, 0.6) is 0 Å². The van der Waals surface area contributed by atoms with Gasteiger partial charge in [0.2, 0.25) is 0 Å². The molecule has 0 fully saturated rings. The Kier molecular flexibility index (Phi) is 53.2. The quantitative estimate of drug-likeness (QED) is 0.0325. The molecule has 0 heterocycles. The molecule has 59 heavy (non-hydrogen) atoms. The first kappa shape index (κ1) is 61.5. The van der Waals surface area contributed by atoms with Crippen LogP contribution in [0.15, 0.2) is 0 Å². The van der Waals surface area contributed by atoms with Crippen molar-refractivity contribution in [2.75, 3.05) is 53.3 Å². The molecule has 0 aromatic heterocycles. The van der Waals surface area contributed by atoms with Crippen molar-refractivity contribution in [1.82, 2.24) is 0 Å². The Labute approximate surface area is 379 Å². The van der Waals surface area contributed by atoms with Crippen molar-refractivity contribution in [2.24, 2.45) is 0 Å². The number of rotatable bonds is 49. The van der Waals surface area contributed by atoms with Crippen LogP contribution in [0.25, 0.3) is 0 Å². The zero-order valence-electron chi connectivity index (χ0n) is 43.6. The van der Waals surface area contributed by atoms with Crippen LogP contribution in [0.2, 0.25) is 0 Å². The van der Waals surface area contributed by atoms with E-state index in [2.05, 4.69) is 55.2 Å². The van der Waals surface area contributed by atoms with Crippen molar-refractivity contribution in [2.45, 2.75) is 316 Å². The second-order valence-electron chi connectivity index (χ2n) is 21.9. The maximum absolute atomic E-state index is 2.67. The smallest absolute Gasteiger partial charge is 0.331 e. The topological polar surface area (TPSA) is 0 Å². The SMILES string of the molecule is CCCCCCCCCCCCCCCCCC[PH](C)(C)CCCCCCCCCCCCCCCCCC.CCCCCCCCCCCCCCCC[N+](C)(C)C. The van der Waals surface area contributed by atoms with Crippen molar-refractivity contribution >= 4 is 7.26 Å². The predicted molar refractivity (Wildman–Crippen MR) is 282 cm³/mol. The second kappa shape index (κ2) is 51.0. The summed E-state index contributed by atoms with van der Waals surface area (Å²) in [6, 6.07) is 0. The number of hydrogen-bond donors (Lipinski definition) is 0. The van der Waals surface area contributed by atoms with Crippen molar-refractivity contribution in [3.8, 4) is 0 Å². The van der Waals surface area contributed by atoms with E-state index in [1.807, 2.05) is 0 Å². The molecule has 0 atom stereocenters. The fraction of sp³-hybridized carbons (Fsp3) is 1.00. The van der Waals surface area contributed by atoms with Crippen LogP contribution in [0.3, 0.4) is 0 Å². The van der Waals surface area contributed by atoms with Gasteiger partial charge in [0.1, 0.15) is 0 Å². The van der Waals surface area contributed by atoms with Gasteiger partial charge in [-0.2, -0.15) is 0 Å². The Morgan fingerprint density at radius 2 is 0.373 bits per heavy atom. The molecule has 0 saturated carbocycles. The van der Waals surface area contributed by atoms with Crippen LogP contribution in [0.4, 0.5) is 0 Å². The minimum atomic E-state index is -0.918. The Morgan fingerprint density at radius 1 is 0.220 bits per heavy atom. The third-order valence-corrected chi connectivity index (χ3v) is 17.0. The van der Waals surface area contributed by atoms with Gasteiger partial charge >= 0.3 is 174 Å². The fourth-order valence-corrected chi connectivity index (χ4v) is 11.9. The Balaban J connectivity index is 0. The van der Waals surface area contributed by atoms with Gasteiger partial charge in [-0.3, -0.25) is 0 Å². The Morgan fingerprint density at radius 3 is 0.542 bits per heavy atom. The van der Waals surface area contributed by atoms with Gasteiger partial charge in [-0.05, 0) is 12.8 Å². The molecule has 0 rings (SSSR count). The van der Waals surface area contributed by atoms with Crippen LogP contribution in [-0.4, -0.2) is 57.8 Å². The monoisotopic (exact) mass is 853 g/mol. The van der Waals surface area contributed by atoms with Crippen molar-refractivity contribution in [3.05, 3.63) is 0 Å². The zero-order valence-corrected chi connectivity index (χ0v) is 44.6. The normalized spacial score (nSPS) is 12.3. The average Bonchev–Trinajstić information content (AvgIpc) is 3.20. The molecule has 360 valence electrons. The minimum absolute atomic E-state index is 0.918. The van der Waals surface area contributed by atoms with Crippen LogP contribution in [0.1, 0.15) is 316 Å². The summed E-state index contributed by atoms with van der Waals surface area (Å²) in [5, 5.41) is 0. The molecule has 0 unspecified atom stereocenters. The molecule has 0 radical (unpaired) electrons. The summed E-state index contributed by atoms with van der Waals surface area (Å²) in [5.41, 5.74) is 0. The number of hydrogen-bond acceptors (Lipinski definition) is 0. The van der Waals surface area contributed by atoms with Gasteiger partial charge in [0.05, 0.1) is 27.7 Å². The minimum Gasteiger partial charge on any atom is -0.331 e. The molecule has 0 amide bonds. The molecular formula is C57H123NP+. The molecular weight excluding hydrogens is 730 g/mol. The van der Waals surface area contributed by atoms with E-state index in [4.69, 9.17) is 0 Å². The van der Waals surface area contributed by atoms with Gasteiger partial charge in [-0.1, -0.05) is 162 Å². The third kappa shape index (κ3) is 60.5. The van der Waals surface area contributed by atoms with Crippen molar-refractivity contribution < 1.29 is 4.48 Å². The van der Waals surface area contributed by atoms with Gasteiger partial charge in [0, 0.05) is 0 Å². The molecule has 2 heteroatoms. The van der Waals surface area contributed by atoms with E-state index in [0.29, 0.717) is 0 Å². The molecule has 0 aromatic rings. The summed E-state index contributed by atoms with van der Waals surface area (Å²) in [7, 11) is 5.96. The first-order valence-electron chi connectivity index (χ1n) is 28.5. The van der Waals surface area contributed by atoms with E-state index in [0.717, 1.165) is 4.48 Å². The molecule has 0 aliphatic heterocycles. The summed E-state index contributed by atoms with van der Waals surface area (Å²) in [4.78, 5) is 0. The van der Waals surface area contributed by atoms with E-state index in [1.165, 1.54) is 302 Å². The summed E-state index contributed by atoms with van der Waals surface area (Å²) < 4.78 is 1.12. The van der Waals surface area contributed by atoms with Crippen LogP contribution < -0.4 is 0 Å². The Bertz CT molecular complexity index is 687. The van der Waals surface area contributed by atoms with Crippen molar-refractivity contribution in [1.29, 1.82) is 0 Å². The van der Waals surface area contributed by atoms with Gasteiger partial charge in [0.25, 0.3) is 0 Å². The molecule has 0 N–H and O–H groups in total. The zero-order chi connectivity index (χ0) is 43.6. The first-order chi connectivity index (χ1) is 28.7. The molecule has 0 bridgehead atoms. The number of unbranched alkanes of at least 4 members (excludes halogenated alkanes) is 43. The first-order valence-corrected chi connectivity index (χ1v) is 31.9. The second-order valence-corrected chi connectivity index (χ2v) is 27.2. The van der Waals surface area contributed by atoms with Gasteiger partial charge < -0.3 is 4.48 Å². The summed E-state index contributed by atoms with van der Waals surface area (Å²) >= 11 is 0. The van der Waals surface area contributed by atoms with Gasteiger partial charge in [0.15, 0.2) is 0 Å².